The molecular weight excluding hydrogens is 513 g/mol. The van der Waals surface area contributed by atoms with Gasteiger partial charge in [0.2, 0.25) is 5.91 Å². The summed E-state index contributed by atoms with van der Waals surface area (Å²) in [7, 11) is 1.76. The van der Waals surface area contributed by atoms with E-state index in [4.69, 9.17) is 0 Å². The number of alkyl halides is 1. The SMILES string of the molecule is CN1CCC(n2ccc(C(=O)Nc3cnc4ccc(N5C[C@@H](F)C[C@@H]5c5cc(F)ccc5F)nn34)n2)CC1=O. The fourth-order valence-electron chi connectivity index (χ4n) is 5.20. The van der Waals surface area contributed by atoms with Crippen molar-refractivity contribution in [1.82, 2.24) is 29.3 Å². The monoisotopic (exact) mass is 538 g/mol. The number of nitrogens with zero attached hydrogens (tertiary/aromatic N) is 7. The van der Waals surface area contributed by atoms with Crippen molar-refractivity contribution >= 4 is 29.1 Å². The Morgan fingerprint density at radius 3 is 2.79 bits per heavy atom. The lowest BCUT2D eigenvalue weighted by molar-refractivity contribution is -0.133. The summed E-state index contributed by atoms with van der Waals surface area (Å²) in [6, 6.07) is 7.10. The number of fused-ring (bicyclic) bond motifs is 1. The molecule has 39 heavy (non-hydrogen) atoms. The molecule has 1 aromatic carbocycles. The number of rotatable bonds is 5. The molecule has 10 nitrogen and oxygen atoms in total. The molecule has 4 aromatic rings. The highest BCUT2D eigenvalue weighted by Gasteiger charge is 2.36. The van der Waals surface area contributed by atoms with Crippen LogP contribution >= 0.6 is 0 Å². The Morgan fingerprint density at radius 1 is 1.13 bits per heavy atom. The van der Waals surface area contributed by atoms with Crippen LogP contribution in [0.5, 0.6) is 0 Å². The predicted molar refractivity (Wildman–Crippen MR) is 135 cm³/mol. The van der Waals surface area contributed by atoms with Gasteiger partial charge in [0.1, 0.15) is 23.6 Å². The molecule has 2 saturated heterocycles. The van der Waals surface area contributed by atoms with Crippen LogP contribution < -0.4 is 10.2 Å². The molecule has 0 aliphatic carbocycles. The van der Waals surface area contributed by atoms with Gasteiger partial charge in [-0.3, -0.25) is 14.3 Å². The number of carbonyl (C=O) groups excluding carboxylic acids is 2. The zero-order valence-corrected chi connectivity index (χ0v) is 21.0. The summed E-state index contributed by atoms with van der Waals surface area (Å²) in [4.78, 5) is 32.6. The number of nitrogens with one attached hydrogen (secondary N) is 1. The van der Waals surface area contributed by atoms with Crippen molar-refractivity contribution in [1.29, 1.82) is 0 Å². The normalized spacial score (nSPS) is 21.6. The average molecular weight is 539 g/mol. The fourth-order valence-corrected chi connectivity index (χ4v) is 5.20. The van der Waals surface area contributed by atoms with E-state index < -0.39 is 29.8 Å². The van der Waals surface area contributed by atoms with Crippen LogP contribution in [0.4, 0.5) is 24.8 Å². The molecule has 0 bridgehead atoms. The molecule has 1 N–H and O–H groups in total. The van der Waals surface area contributed by atoms with Gasteiger partial charge in [-0.05, 0) is 42.8 Å². The minimum absolute atomic E-state index is 0.0147. The van der Waals surface area contributed by atoms with E-state index in [-0.39, 0.29) is 42.0 Å². The Balaban J connectivity index is 1.24. The second-order valence-corrected chi connectivity index (χ2v) is 9.87. The van der Waals surface area contributed by atoms with E-state index in [9.17, 15) is 22.8 Å². The first-order chi connectivity index (χ1) is 18.8. The molecule has 2 aliphatic heterocycles. The van der Waals surface area contributed by atoms with Crippen molar-refractivity contribution in [2.24, 2.45) is 0 Å². The summed E-state index contributed by atoms with van der Waals surface area (Å²) in [6.07, 6.45) is 2.89. The number of hydrogen-bond acceptors (Lipinski definition) is 6. The summed E-state index contributed by atoms with van der Waals surface area (Å²) in [5, 5.41) is 11.6. The van der Waals surface area contributed by atoms with Crippen molar-refractivity contribution in [2.45, 2.75) is 37.5 Å². The highest BCUT2D eigenvalue weighted by molar-refractivity contribution is 6.02. The lowest BCUT2D eigenvalue weighted by atomic mass is 10.0. The van der Waals surface area contributed by atoms with Gasteiger partial charge in [0.15, 0.2) is 17.2 Å². The number of anilines is 2. The molecule has 2 fully saturated rings. The van der Waals surface area contributed by atoms with Crippen LogP contribution in [-0.4, -0.2) is 67.4 Å². The molecule has 0 radical (unpaired) electrons. The zero-order chi connectivity index (χ0) is 27.3. The van der Waals surface area contributed by atoms with E-state index in [2.05, 4.69) is 20.5 Å². The van der Waals surface area contributed by atoms with Gasteiger partial charge in [-0.2, -0.15) is 9.61 Å². The maximum atomic E-state index is 14.5. The lowest BCUT2D eigenvalue weighted by Gasteiger charge is -2.28. The molecule has 6 rings (SSSR count). The smallest absolute Gasteiger partial charge is 0.277 e. The van der Waals surface area contributed by atoms with Gasteiger partial charge in [-0.1, -0.05) is 0 Å². The third-order valence-electron chi connectivity index (χ3n) is 7.30. The van der Waals surface area contributed by atoms with Crippen LogP contribution in [0.1, 0.15) is 47.4 Å². The summed E-state index contributed by atoms with van der Waals surface area (Å²) in [5.74, 6) is -1.12. The molecule has 0 spiro atoms. The lowest BCUT2D eigenvalue weighted by Crippen LogP contribution is -2.36. The van der Waals surface area contributed by atoms with Crippen LogP contribution in [0.3, 0.4) is 0 Å². The summed E-state index contributed by atoms with van der Waals surface area (Å²) in [6.45, 7) is 0.569. The molecule has 2 aliphatic rings. The number of halogens is 3. The molecule has 3 atom stereocenters. The molecule has 2 amide bonds. The second-order valence-electron chi connectivity index (χ2n) is 9.87. The first-order valence-corrected chi connectivity index (χ1v) is 12.6. The Bertz CT molecular complexity index is 1570. The summed E-state index contributed by atoms with van der Waals surface area (Å²) < 4.78 is 46.0. The number of likely N-dealkylation sites (tertiary alicyclic amines) is 1. The van der Waals surface area contributed by atoms with Gasteiger partial charge in [-0.25, -0.2) is 18.2 Å². The number of carbonyl (C=O) groups is 2. The van der Waals surface area contributed by atoms with Crippen LogP contribution in [0.2, 0.25) is 0 Å². The van der Waals surface area contributed by atoms with Crippen LogP contribution in [0.25, 0.3) is 5.65 Å². The van der Waals surface area contributed by atoms with E-state index in [1.807, 2.05) is 0 Å². The number of hydrogen-bond donors (Lipinski definition) is 1. The number of imidazole rings is 1. The first-order valence-electron chi connectivity index (χ1n) is 12.6. The third kappa shape index (κ3) is 4.68. The maximum Gasteiger partial charge on any atom is 0.277 e. The molecule has 0 saturated carbocycles. The molecule has 5 heterocycles. The van der Waals surface area contributed by atoms with Crippen molar-refractivity contribution in [3.8, 4) is 0 Å². The molecule has 1 unspecified atom stereocenters. The van der Waals surface area contributed by atoms with Gasteiger partial charge in [0, 0.05) is 38.2 Å². The predicted octanol–water partition coefficient (Wildman–Crippen LogP) is 3.54. The van der Waals surface area contributed by atoms with Crippen LogP contribution in [-0.2, 0) is 4.79 Å². The van der Waals surface area contributed by atoms with Crippen LogP contribution in [0.15, 0.2) is 48.8 Å². The number of amides is 2. The van der Waals surface area contributed by atoms with Crippen LogP contribution in [0, 0.1) is 11.6 Å². The first kappa shape index (κ1) is 24.9. The van der Waals surface area contributed by atoms with Crippen molar-refractivity contribution in [3.05, 3.63) is 71.7 Å². The minimum Gasteiger partial charge on any atom is -0.346 e. The third-order valence-corrected chi connectivity index (χ3v) is 7.30. The van der Waals surface area contributed by atoms with E-state index in [1.54, 1.807) is 45.9 Å². The summed E-state index contributed by atoms with van der Waals surface area (Å²) in [5.41, 5.74) is 0.640. The van der Waals surface area contributed by atoms with E-state index in [1.165, 1.54) is 10.7 Å². The topological polar surface area (TPSA) is 101 Å². The average Bonchev–Trinajstić information content (AvgIpc) is 3.66. The van der Waals surface area contributed by atoms with E-state index >= 15 is 0 Å². The Labute approximate surface area is 221 Å². The van der Waals surface area contributed by atoms with E-state index in [0.29, 0.717) is 24.4 Å². The maximum absolute atomic E-state index is 14.5. The Kier molecular flexibility index (Phi) is 6.20. The molecule has 202 valence electrons. The number of piperidine rings is 1. The quantitative estimate of drug-likeness (QED) is 0.417. The number of benzene rings is 1. The molecule has 13 heteroatoms. The second kappa shape index (κ2) is 9.71. The molecule has 3 aromatic heterocycles. The summed E-state index contributed by atoms with van der Waals surface area (Å²) >= 11 is 0. The highest BCUT2D eigenvalue weighted by atomic mass is 19.1. The van der Waals surface area contributed by atoms with Gasteiger partial charge in [0.05, 0.1) is 24.8 Å². The highest BCUT2D eigenvalue weighted by Crippen LogP contribution is 2.38. The van der Waals surface area contributed by atoms with Crippen molar-refractivity contribution < 1.29 is 22.8 Å². The van der Waals surface area contributed by atoms with Gasteiger partial charge in [-0.15, -0.1) is 5.10 Å². The zero-order valence-electron chi connectivity index (χ0n) is 21.0. The minimum atomic E-state index is -1.26. The Morgan fingerprint density at radius 2 is 1.97 bits per heavy atom. The Hall–Kier alpha value is -4.42. The van der Waals surface area contributed by atoms with Crippen molar-refractivity contribution in [3.63, 3.8) is 0 Å². The fraction of sp³-hybridized carbons (Fsp3) is 0.346. The van der Waals surface area contributed by atoms with E-state index in [0.717, 1.165) is 24.6 Å². The largest absolute Gasteiger partial charge is 0.346 e. The standard InChI is InChI=1S/C26H25F3N8O2/c1-34-8-6-17(12-25(34)38)36-9-7-20(32-36)26(39)31-24-13-30-22-4-5-23(33-37(22)24)35-14-16(28)11-21(35)18-10-15(27)2-3-19(18)29/h2-5,7,9-10,13,16-17,21H,6,8,11-12,14H2,1H3,(H,31,39)/t16-,17?,21+/m0/s1. The van der Waals surface area contributed by atoms with Gasteiger partial charge >= 0.3 is 0 Å². The van der Waals surface area contributed by atoms with Crippen molar-refractivity contribution in [2.75, 3.05) is 30.4 Å². The van der Waals surface area contributed by atoms with Gasteiger partial charge < -0.3 is 15.1 Å². The van der Waals surface area contributed by atoms with Gasteiger partial charge in [0.25, 0.3) is 5.91 Å². The molecular formula is C26H25F3N8O2. The number of aromatic nitrogens is 5.